The molecule has 1 amide bonds. The lowest BCUT2D eigenvalue weighted by molar-refractivity contribution is -0.138. The van der Waals surface area contributed by atoms with E-state index in [1.165, 1.54) is 6.42 Å². The molecule has 2 fully saturated rings. The summed E-state index contributed by atoms with van der Waals surface area (Å²) in [7, 11) is 0. The normalized spacial score (nSPS) is 39.8. The summed E-state index contributed by atoms with van der Waals surface area (Å²) in [6.07, 6.45) is 5.37. The molecule has 3 N–H and O–H groups in total. The van der Waals surface area contributed by atoms with Crippen LogP contribution in [-0.4, -0.2) is 18.5 Å². The summed E-state index contributed by atoms with van der Waals surface area (Å²) in [5.74, 6) is 0.866. The molecule has 2 aliphatic rings. The minimum Gasteiger partial charge on any atom is -0.353 e. The van der Waals surface area contributed by atoms with Crippen molar-refractivity contribution in [3.05, 3.63) is 0 Å². The molecular formula is C14H26N2O. The van der Waals surface area contributed by atoms with E-state index in [2.05, 4.69) is 26.1 Å². The molecule has 0 saturated heterocycles. The molecule has 98 valence electrons. The molecule has 2 aliphatic carbocycles. The molecule has 3 nitrogen and oxygen atoms in total. The third-order valence-electron chi connectivity index (χ3n) is 4.65. The van der Waals surface area contributed by atoms with Gasteiger partial charge >= 0.3 is 0 Å². The maximum atomic E-state index is 12.3. The van der Waals surface area contributed by atoms with Gasteiger partial charge in [0.15, 0.2) is 0 Å². The molecule has 0 aromatic heterocycles. The van der Waals surface area contributed by atoms with Crippen molar-refractivity contribution in [2.75, 3.05) is 6.54 Å². The van der Waals surface area contributed by atoms with Crippen LogP contribution in [-0.2, 0) is 4.79 Å². The van der Waals surface area contributed by atoms with E-state index in [4.69, 9.17) is 5.73 Å². The van der Waals surface area contributed by atoms with Crippen LogP contribution in [0.4, 0.5) is 0 Å². The van der Waals surface area contributed by atoms with Gasteiger partial charge in [0, 0.05) is 12.6 Å². The summed E-state index contributed by atoms with van der Waals surface area (Å²) >= 11 is 0. The van der Waals surface area contributed by atoms with Gasteiger partial charge in [-0.15, -0.1) is 0 Å². The average molecular weight is 238 g/mol. The Hall–Kier alpha value is -0.570. The van der Waals surface area contributed by atoms with Crippen molar-refractivity contribution >= 4 is 5.91 Å². The van der Waals surface area contributed by atoms with E-state index in [9.17, 15) is 4.79 Å². The second-order valence-corrected chi connectivity index (χ2v) is 7.08. The number of carbonyl (C=O) groups excluding carboxylic acids is 1. The summed E-state index contributed by atoms with van der Waals surface area (Å²) < 4.78 is 0. The van der Waals surface area contributed by atoms with Gasteiger partial charge in [-0.1, -0.05) is 20.8 Å². The third kappa shape index (κ3) is 2.49. The molecule has 1 unspecified atom stereocenters. The molecule has 0 radical (unpaired) electrons. The van der Waals surface area contributed by atoms with E-state index in [1.54, 1.807) is 0 Å². The maximum Gasteiger partial charge on any atom is 0.227 e. The van der Waals surface area contributed by atoms with Gasteiger partial charge in [-0.05, 0) is 43.4 Å². The van der Waals surface area contributed by atoms with Crippen LogP contribution in [0.25, 0.3) is 0 Å². The highest BCUT2D eigenvalue weighted by atomic mass is 16.2. The first-order valence-corrected chi connectivity index (χ1v) is 6.88. The van der Waals surface area contributed by atoms with Crippen LogP contribution in [0.3, 0.4) is 0 Å². The van der Waals surface area contributed by atoms with Crippen molar-refractivity contribution in [2.45, 2.75) is 58.9 Å². The highest BCUT2D eigenvalue weighted by molar-refractivity contribution is 5.84. The molecular weight excluding hydrogens is 212 g/mol. The first-order valence-electron chi connectivity index (χ1n) is 6.88. The van der Waals surface area contributed by atoms with Crippen LogP contribution in [0.1, 0.15) is 52.9 Å². The number of carbonyl (C=O) groups is 1. The summed E-state index contributed by atoms with van der Waals surface area (Å²) in [6, 6.07) is 0.372. The van der Waals surface area contributed by atoms with Crippen molar-refractivity contribution in [3.63, 3.8) is 0 Å². The zero-order valence-corrected chi connectivity index (χ0v) is 11.4. The van der Waals surface area contributed by atoms with Gasteiger partial charge in [0.25, 0.3) is 0 Å². The second kappa shape index (κ2) is 4.27. The Labute approximate surface area is 105 Å². The fourth-order valence-corrected chi connectivity index (χ4v) is 3.62. The van der Waals surface area contributed by atoms with Crippen LogP contribution >= 0.6 is 0 Å². The topological polar surface area (TPSA) is 55.1 Å². The molecule has 0 bridgehead atoms. The fraction of sp³-hybridized carbons (Fsp3) is 0.929. The van der Waals surface area contributed by atoms with Crippen LogP contribution in [0.5, 0.6) is 0 Å². The summed E-state index contributed by atoms with van der Waals surface area (Å²) in [4.78, 5) is 12.3. The predicted molar refractivity (Wildman–Crippen MR) is 69.4 cm³/mol. The fourth-order valence-electron chi connectivity index (χ4n) is 3.62. The molecule has 0 heterocycles. The zero-order valence-electron chi connectivity index (χ0n) is 11.4. The molecule has 2 saturated carbocycles. The Morgan fingerprint density at radius 1 is 1.35 bits per heavy atom. The highest BCUT2D eigenvalue weighted by Crippen LogP contribution is 2.45. The van der Waals surface area contributed by atoms with E-state index in [0.717, 1.165) is 25.7 Å². The first kappa shape index (κ1) is 12.9. The van der Waals surface area contributed by atoms with Crippen molar-refractivity contribution in [1.29, 1.82) is 0 Å². The van der Waals surface area contributed by atoms with Crippen molar-refractivity contribution in [1.82, 2.24) is 5.32 Å². The monoisotopic (exact) mass is 238 g/mol. The molecule has 0 aromatic carbocycles. The maximum absolute atomic E-state index is 12.3. The van der Waals surface area contributed by atoms with E-state index < -0.39 is 0 Å². The average Bonchev–Trinajstić information content (AvgIpc) is 2.52. The smallest absolute Gasteiger partial charge is 0.227 e. The van der Waals surface area contributed by atoms with Crippen LogP contribution < -0.4 is 11.1 Å². The lowest BCUT2D eigenvalue weighted by atomic mass is 9.62. The van der Waals surface area contributed by atoms with Crippen LogP contribution in [0, 0.1) is 16.7 Å². The minimum absolute atomic E-state index is 0.209. The standard InChI is InChI=1S/C14H26N2O/c1-10-6-14(7-10,9-15)12(17)16-11-4-5-13(2,3)8-11/h10-11H,4-9,15H2,1-3H3,(H,16,17). The van der Waals surface area contributed by atoms with Crippen molar-refractivity contribution in [3.8, 4) is 0 Å². The first-order chi connectivity index (χ1) is 7.87. The molecule has 17 heavy (non-hydrogen) atoms. The van der Waals surface area contributed by atoms with E-state index in [0.29, 0.717) is 23.9 Å². The number of nitrogens with two attached hydrogens (primary N) is 1. The summed E-state index contributed by atoms with van der Waals surface area (Å²) in [6.45, 7) is 7.26. The van der Waals surface area contributed by atoms with Gasteiger partial charge < -0.3 is 11.1 Å². The molecule has 3 heteroatoms. The van der Waals surface area contributed by atoms with Gasteiger partial charge in [0.1, 0.15) is 0 Å². The molecule has 0 aromatic rings. The number of hydrogen-bond donors (Lipinski definition) is 2. The van der Waals surface area contributed by atoms with Gasteiger partial charge in [0.2, 0.25) is 5.91 Å². The molecule has 2 rings (SSSR count). The van der Waals surface area contributed by atoms with Gasteiger partial charge in [-0.2, -0.15) is 0 Å². The molecule has 0 spiro atoms. The SMILES string of the molecule is CC1CC(CN)(C(=O)NC2CCC(C)(C)C2)C1. The number of rotatable bonds is 3. The Bertz CT molecular complexity index is 305. The number of hydrogen-bond acceptors (Lipinski definition) is 2. The molecule has 1 atom stereocenters. The highest BCUT2D eigenvalue weighted by Gasteiger charge is 2.48. The second-order valence-electron chi connectivity index (χ2n) is 7.08. The zero-order chi connectivity index (χ0) is 12.7. The van der Waals surface area contributed by atoms with Crippen molar-refractivity contribution in [2.24, 2.45) is 22.5 Å². The Kier molecular flexibility index (Phi) is 3.23. The van der Waals surface area contributed by atoms with Crippen LogP contribution in [0.15, 0.2) is 0 Å². The lowest BCUT2D eigenvalue weighted by Gasteiger charge is -2.44. The Balaban J connectivity index is 1.89. The van der Waals surface area contributed by atoms with Crippen molar-refractivity contribution < 1.29 is 4.79 Å². The van der Waals surface area contributed by atoms with Gasteiger partial charge in [-0.3, -0.25) is 4.79 Å². The lowest BCUT2D eigenvalue weighted by Crippen LogP contribution is -2.55. The van der Waals surface area contributed by atoms with Gasteiger partial charge in [0.05, 0.1) is 5.41 Å². The molecule has 0 aliphatic heterocycles. The number of nitrogens with one attached hydrogen (secondary N) is 1. The van der Waals surface area contributed by atoms with E-state index >= 15 is 0 Å². The predicted octanol–water partition coefficient (Wildman–Crippen LogP) is 2.06. The number of amides is 1. The largest absolute Gasteiger partial charge is 0.353 e. The Morgan fingerprint density at radius 2 is 2.00 bits per heavy atom. The quantitative estimate of drug-likeness (QED) is 0.790. The van der Waals surface area contributed by atoms with E-state index in [-0.39, 0.29) is 11.3 Å². The summed E-state index contributed by atoms with van der Waals surface area (Å²) in [5.41, 5.74) is 5.94. The van der Waals surface area contributed by atoms with E-state index in [1.807, 2.05) is 0 Å². The van der Waals surface area contributed by atoms with Crippen LogP contribution in [0.2, 0.25) is 0 Å². The minimum atomic E-state index is -0.244. The van der Waals surface area contributed by atoms with Gasteiger partial charge in [-0.25, -0.2) is 0 Å². The Morgan fingerprint density at radius 3 is 2.41 bits per heavy atom. The summed E-state index contributed by atoms with van der Waals surface area (Å²) in [5, 5.41) is 3.23. The third-order valence-corrected chi connectivity index (χ3v) is 4.65.